The Balaban J connectivity index is 2.87. The Kier molecular flexibility index (Phi) is 1.95. The highest BCUT2D eigenvalue weighted by molar-refractivity contribution is 5.91. The molecule has 0 unspecified atom stereocenters. The fourth-order valence-electron chi connectivity index (χ4n) is 1.93. The van der Waals surface area contributed by atoms with E-state index in [9.17, 15) is 0 Å². The van der Waals surface area contributed by atoms with Crippen LogP contribution in [-0.4, -0.2) is 5.16 Å². The third kappa shape index (κ3) is 1.16. The minimum Gasteiger partial charge on any atom is -0.380 e. The molecule has 0 aliphatic rings. The molecule has 74 valence electrons. The topological polar surface area (TPSA) is 52.0 Å². The fraction of sp³-hybridized carbons (Fsp3) is 0.364. The second kappa shape index (κ2) is 3.01. The summed E-state index contributed by atoms with van der Waals surface area (Å²) in [6.45, 7) is 6.38. The van der Waals surface area contributed by atoms with Crippen LogP contribution in [0.15, 0.2) is 16.7 Å². The van der Waals surface area contributed by atoms with Crippen molar-refractivity contribution in [2.45, 2.75) is 26.7 Å². The highest BCUT2D eigenvalue weighted by atomic mass is 16.5. The van der Waals surface area contributed by atoms with Gasteiger partial charge in [-0.2, -0.15) is 0 Å². The molecule has 0 amide bonds. The molecule has 0 atom stereocenters. The summed E-state index contributed by atoms with van der Waals surface area (Å²) in [6, 6.07) is 3.96. The van der Waals surface area contributed by atoms with Gasteiger partial charge >= 0.3 is 0 Å². The Morgan fingerprint density at radius 3 is 2.71 bits per heavy atom. The molecule has 2 aromatic rings. The third-order valence-electron chi connectivity index (χ3n) is 2.50. The number of nitrogens with zero attached hydrogens (tertiary/aromatic N) is 1. The van der Waals surface area contributed by atoms with E-state index in [0.29, 0.717) is 11.7 Å². The number of hydrogen-bond acceptors (Lipinski definition) is 3. The van der Waals surface area contributed by atoms with E-state index in [1.807, 2.05) is 12.1 Å². The van der Waals surface area contributed by atoms with Gasteiger partial charge in [0, 0.05) is 0 Å². The number of aryl methyl sites for hydroxylation is 1. The van der Waals surface area contributed by atoms with Crippen molar-refractivity contribution in [2.24, 2.45) is 0 Å². The molecule has 0 saturated heterocycles. The maximum Gasteiger partial charge on any atom is 0.175 e. The first-order chi connectivity index (χ1) is 6.61. The van der Waals surface area contributed by atoms with Crippen LogP contribution in [0.5, 0.6) is 0 Å². The van der Waals surface area contributed by atoms with Crippen LogP contribution in [0.25, 0.3) is 11.0 Å². The number of nitrogens with two attached hydrogens (primary N) is 1. The first-order valence-electron chi connectivity index (χ1n) is 4.75. The average Bonchev–Trinajstić information content (AvgIpc) is 2.47. The van der Waals surface area contributed by atoms with Gasteiger partial charge in [-0.15, -0.1) is 0 Å². The van der Waals surface area contributed by atoms with Gasteiger partial charge in [-0.3, -0.25) is 0 Å². The Morgan fingerprint density at radius 2 is 2.07 bits per heavy atom. The van der Waals surface area contributed by atoms with Crippen molar-refractivity contribution in [1.29, 1.82) is 0 Å². The molecule has 1 aromatic carbocycles. The van der Waals surface area contributed by atoms with Crippen LogP contribution < -0.4 is 5.73 Å². The molecule has 0 aliphatic carbocycles. The number of anilines is 1. The predicted octanol–water partition coefficient (Wildman–Crippen LogP) is 2.84. The van der Waals surface area contributed by atoms with E-state index >= 15 is 0 Å². The molecule has 1 aromatic heterocycles. The first-order valence-corrected chi connectivity index (χ1v) is 4.75. The predicted molar refractivity (Wildman–Crippen MR) is 57.2 cm³/mol. The molecule has 0 radical (unpaired) electrons. The second-order valence-electron chi connectivity index (χ2n) is 3.89. The highest BCUT2D eigenvalue weighted by Gasteiger charge is 2.14. The molecule has 1 heterocycles. The van der Waals surface area contributed by atoms with Gasteiger partial charge in [-0.05, 0) is 30.0 Å². The van der Waals surface area contributed by atoms with Crippen LogP contribution in [0.4, 0.5) is 5.82 Å². The molecule has 14 heavy (non-hydrogen) atoms. The van der Waals surface area contributed by atoms with Gasteiger partial charge in [0.25, 0.3) is 0 Å². The number of fused-ring (bicyclic) bond motifs is 1. The fourth-order valence-corrected chi connectivity index (χ4v) is 1.93. The zero-order valence-electron chi connectivity index (χ0n) is 8.66. The van der Waals surface area contributed by atoms with Gasteiger partial charge in [0.1, 0.15) is 0 Å². The summed E-state index contributed by atoms with van der Waals surface area (Å²) in [5.41, 5.74) is 9.03. The van der Waals surface area contributed by atoms with E-state index in [0.717, 1.165) is 11.0 Å². The van der Waals surface area contributed by atoms with Gasteiger partial charge in [0.05, 0.1) is 5.39 Å². The van der Waals surface area contributed by atoms with Crippen LogP contribution in [0.1, 0.15) is 30.9 Å². The normalized spacial score (nSPS) is 11.4. The van der Waals surface area contributed by atoms with Crippen LogP contribution in [-0.2, 0) is 0 Å². The van der Waals surface area contributed by atoms with Crippen molar-refractivity contribution in [3.63, 3.8) is 0 Å². The number of nitrogen functional groups attached to an aromatic ring is 1. The van der Waals surface area contributed by atoms with Crippen LogP contribution in [0.2, 0.25) is 0 Å². The molecule has 0 aliphatic heterocycles. The molecule has 2 N–H and O–H groups in total. The summed E-state index contributed by atoms with van der Waals surface area (Å²) in [7, 11) is 0. The SMILES string of the molecule is Cc1ccc2onc(N)c2c1C(C)C. The van der Waals surface area contributed by atoms with Gasteiger partial charge in [-0.25, -0.2) is 0 Å². The number of aromatic nitrogens is 1. The largest absolute Gasteiger partial charge is 0.380 e. The average molecular weight is 190 g/mol. The Hall–Kier alpha value is -1.51. The molecule has 0 fully saturated rings. The van der Waals surface area contributed by atoms with Crippen LogP contribution in [0, 0.1) is 6.92 Å². The molecule has 0 saturated carbocycles. The van der Waals surface area contributed by atoms with Gasteiger partial charge in [-0.1, -0.05) is 25.1 Å². The highest BCUT2D eigenvalue weighted by Crippen LogP contribution is 2.32. The quantitative estimate of drug-likeness (QED) is 0.752. The molecule has 0 spiro atoms. The summed E-state index contributed by atoms with van der Waals surface area (Å²) in [5, 5.41) is 4.75. The van der Waals surface area contributed by atoms with Crippen LogP contribution >= 0.6 is 0 Å². The van der Waals surface area contributed by atoms with Crippen molar-refractivity contribution in [1.82, 2.24) is 5.16 Å². The maximum atomic E-state index is 5.78. The zero-order chi connectivity index (χ0) is 10.3. The lowest BCUT2D eigenvalue weighted by molar-refractivity contribution is 0.460. The lowest BCUT2D eigenvalue weighted by atomic mass is 9.94. The summed E-state index contributed by atoms with van der Waals surface area (Å²) in [5.74, 6) is 0.924. The van der Waals surface area contributed by atoms with Crippen LogP contribution in [0.3, 0.4) is 0 Å². The minimum absolute atomic E-state index is 0.431. The standard InChI is InChI=1S/C11H14N2O/c1-6(2)9-7(3)4-5-8-10(9)11(12)13-14-8/h4-6H,1-3H3,(H2,12,13). The zero-order valence-corrected chi connectivity index (χ0v) is 8.66. The van der Waals surface area contributed by atoms with Gasteiger partial charge in [0.15, 0.2) is 11.4 Å². The van der Waals surface area contributed by atoms with E-state index in [1.165, 1.54) is 11.1 Å². The van der Waals surface area contributed by atoms with E-state index in [4.69, 9.17) is 10.3 Å². The van der Waals surface area contributed by atoms with Gasteiger partial charge < -0.3 is 10.3 Å². The maximum absolute atomic E-state index is 5.78. The van der Waals surface area contributed by atoms with Gasteiger partial charge in [0.2, 0.25) is 0 Å². The third-order valence-corrected chi connectivity index (χ3v) is 2.50. The number of benzene rings is 1. The lowest BCUT2D eigenvalue weighted by Gasteiger charge is -2.10. The summed E-state index contributed by atoms with van der Waals surface area (Å²) >= 11 is 0. The first kappa shape index (κ1) is 9.06. The second-order valence-corrected chi connectivity index (χ2v) is 3.89. The smallest absolute Gasteiger partial charge is 0.175 e. The van der Waals surface area contributed by atoms with Crippen molar-refractivity contribution < 1.29 is 4.52 Å². The summed E-state index contributed by atoms with van der Waals surface area (Å²) in [4.78, 5) is 0. The minimum atomic E-state index is 0.431. The Bertz CT molecular complexity index is 471. The molecule has 3 nitrogen and oxygen atoms in total. The summed E-state index contributed by atoms with van der Waals surface area (Å²) in [6.07, 6.45) is 0. The van der Waals surface area contributed by atoms with E-state index in [2.05, 4.69) is 25.9 Å². The van der Waals surface area contributed by atoms with E-state index in [-0.39, 0.29) is 0 Å². The van der Waals surface area contributed by atoms with E-state index in [1.54, 1.807) is 0 Å². The molecule has 3 heteroatoms. The monoisotopic (exact) mass is 190 g/mol. The van der Waals surface area contributed by atoms with Crippen molar-refractivity contribution in [3.05, 3.63) is 23.3 Å². The molecular weight excluding hydrogens is 176 g/mol. The number of hydrogen-bond donors (Lipinski definition) is 1. The number of rotatable bonds is 1. The molecule has 2 rings (SSSR count). The Labute approximate surface area is 82.9 Å². The van der Waals surface area contributed by atoms with E-state index < -0.39 is 0 Å². The van der Waals surface area contributed by atoms with Crippen molar-refractivity contribution in [3.8, 4) is 0 Å². The molecular formula is C11H14N2O. The van der Waals surface area contributed by atoms with Crippen molar-refractivity contribution >= 4 is 16.8 Å². The van der Waals surface area contributed by atoms with Crippen molar-refractivity contribution in [2.75, 3.05) is 5.73 Å². The lowest BCUT2D eigenvalue weighted by Crippen LogP contribution is -1.95. The Morgan fingerprint density at radius 1 is 1.36 bits per heavy atom. The molecule has 0 bridgehead atoms. The summed E-state index contributed by atoms with van der Waals surface area (Å²) < 4.78 is 5.12.